The van der Waals surface area contributed by atoms with E-state index in [1.807, 2.05) is 43.3 Å². The molecule has 1 aliphatic carbocycles. The summed E-state index contributed by atoms with van der Waals surface area (Å²) in [6, 6.07) is 7.83. The first-order chi connectivity index (χ1) is 8.56. The molecular formula is C14H20N2O2. The van der Waals surface area contributed by atoms with Crippen molar-refractivity contribution in [2.45, 2.75) is 18.4 Å². The number of aryl methyl sites for hydroxylation is 1. The minimum atomic E-state index is -0.896. The summed E-state index contributed by atoms with van der Waals surface area (Å²) in [4.78, 5) is 13.7. The molecule has 0 amide bonds. The number of benzene rings is 1. The molecule has 0 aromatic heterocycles. The lowest BCUT2D eigenvalue weighted by atomic mass is 9.92. The molecule has 1 aromatic rings. The van der Waals surface area contributed by atoms with Crippen molar-refractivity contribution >= 4 is 5.97 Å². The predicted molar refractivity (Wildman–Crippen MR) is 70.6 cm³/mol. The molecule has 2 rings (SSSR count). The maximum absolute atomic E-state index is 11.7. The second-order valence-corrected chi connectivity index (χ2v) is 5.10. The molecule has 1 atom stereocenters. The van der Waals surface area contributed by atoms with Gasteiger partial charge in [0.25, 0.3) is 0 Å². The molecule has 1 aliphatic rings. The largest absolute Gasteiger partial charge is 0.480 e. The van der Waals surface area contributed by atoms with E-state index in [2.05, 4.69) is 5.32 Å². The third-order valence-corrected chi connectivity index (χ3v) is 3.60. The van der Waals surface area contributed by atoms with Gasteiger partial charge in [0, 0.05) is 13.1 Å². The minimum absolute atomic E-state index is 0.634. The molecule has 1 unspecified atom stereocenters. The molecule has 0 fully saturated rings. The first-order valence-electron chi connectivity index (χ1n) is 6.28. The van der Waals surface area contributed by atoms with Gasteiger partial charge in [-0.1, -0.05) is 24.3 Å². The van der Waals surface area contributed by atoms with Crippen molar-refractivity contribution in [1.82, 2.24) is 10.2 Å². The summed E-state index contributed by atoms with van der Waals surface area (Å²) in [5, 5.41) is 12.8. The third kappa shape index (κ3) is 2.26. The fourth-order valence-electron chi connectivity index (χ4n) is 2.59. The Balaban J connectivity index is 2.22. The van der Waals surface area contributed by atoms with E-state index in [9.17, 15) is 9.90 Å². The zero-order valence-electron chi connectivity index (χ0n) is 10.9. The normalized spacial score (nSPS) is 22.2. The van der Waals surface area contributed by atoms with Gasteiger partial charge in [0.05, 0.1) is 0 Å². The lowest BCUT2D eigenvalue weighted by Gasteiger charge is -2.28. The predicted octanol–water partition coefficient (Wildman–Crippen LogP) is 1.06. The quantitative estimate of drug-likeness (QED) is 0.818. The van der Waals surface area contributed by atoms with E-state index in [1.165, 1.54) is 0 Å². The van der Waals surface area contributed by atoms with Crippen molar-refractivity contribution in [3.8, 4) is 0 Å². The Morgan fingerprint density at radius 2 is 2.17 bits per heavy atom. The molecule has 0 saturated heterocycles. The van der Waals surface area contributed by atoms with Crippen LogP contribution in [0.2, 0.25) is 0 Å². The Hall–Kier alpha value is -1.39. The van der Waals surface area contributed by atoms with Crippen LogP contribution >= 0.6 is 0 Å². The molecule has 0 radical (unpaired) electrons. The van der Waals surface area contributed by atoms with Crippen molar-refractivity contribution in [2.75, 3.05) is 27.2 Å². The highest BCUT2D eigenvalue weighted by molar-refractivity contribution is 5.82. The average molecular weight is 248 g/mol. The Bertz CT molecular complexity index is 445. The van der Waals surface area contributed by atoms with Gasteiger partial charge in [0.1, 0.15) is 5.54 Å². The molecule has 98 valence electrons. The van der Waals surface area contributed by atoms with Gasteiger partial charge in [-0.25, -0.2) is 4.79 Å². The smallest absolute Gasteiger partial charge is 0.328 e. The summed E-state index contributed by atoms with van der Waals surface area (Å²) < 4.78 is 0. The van der Waals surface area contributed by atoms with Crippen LogP contribution in [0.4, 0.5) is 0 Å². The van der Waals surface area contributed by atoms with Gasteiger partial charge in [0.2, 0.25) is 0 Å². The van der Waals surface area contributed by atoms with Gasteiger partial charge >= 0.3 is 5.97 Å². The number of aliphatic carboxylic acids is 1. The zero-order valence-corrected chi connectivity index (χ0v) is 10.9. The van der Waals surface area contributed by atoms with Crippen molar-refractivity contribution in [3.63, 3.8) is 0 Å². The van der Waals surface area contributed by atoms with Crippen LogP contribution in [0, 0.1) is 0 Å². The highest BCUT2D eigenvalue weighted by atomic mass is 16.4. The lowest BCUT2D eigenvalue weighted by Crippen LogP contribution is -2.49. The molecule has 0 spiro atoms. The monoisotopic (exact) mass is 248 g/mol. The summed E-state index contributed by atoms with van der Waals surface area (Å²) >= 11 is 0. The average Bonchev–Trinajstić information content (AvgIpc) is 2.69. The van der Waals surface area contributed by atoms with Gasteiger partial charge in [-0.05, 0) is 38.1 Å². The summed E-state index contributed by atoms with van der Waals surface area (Å²) in [6.07, 6.45) is 1.46. The van der Waals surface area contributed by atoms with Crippen molar-refractivity contribution in [1.29, 1.82) is 0 Å². The summed E-state index contributed by atoms with van der Waals surface area (Å²) in [5.74, 6) is -0.772. The first kappa shape index (κ1) is 13.1. The minimum Gasteiger partial charge on any atom is -0.480 e. The van der Waals surface area contributed by atoms with Crippen LogP contribution in [0.15, 0.2) is 24.3 Å². The topological polar surface area (TPSA) is 52.6 Å². The molecule has 4 heteroatoms. The number of carbonyl (C=O) groups is 1. The molecule has 0 saturated carbocycles. The highest BCUT2D eigenvalue weighted by Crippen LogP contribution is 2.36. The van der Waals surface area contributed by atoms with Crippen molar-refractivity contribution in [2.24, 2.45) is 0 Å². The third-order valence-electron chi connectivity index (χ3n) is 3.60. The summed E-state index contributed by atoms with van der Waals surface area (Å²) in [6.45, 7) is 1.50. The van der Waals surface area contributed by atoms with Crippen LogP contribution in [0.1, 0.15) is 17.5 Å². The van der Waals surface area contributed by atoms with Gasteiger partial charge in [-0.15, -0.1) is 0 Å². The molecule has 4 nitrogen and oxygen atoms in total. The molecule has 0 aliphatic heterocycles. The lowest BCUT2D eigenvalue weighted by molar-refractivity contribution is -0.145. The van der Waals surface area contributed by atoms with E-state index in [0.29, 0.717) is 13.0 Å². The van der Waals surface area contributed by atoms with E-state index in [4.69, 9.17) is 0 Å². The highest BCUT2D eigenvalue weighted by Gasteiger charge is 2.44. The Morgan fingerprint density at radius 3 is 2.83 bits per heavy atom. The molecule has 2 N–H and O–H groups in total. The van der Waals surface area contributed by atoms with Crippen LogP contribution in [-0.4, -0.2) is 43.2 Å². The maximum atomic E-state index is 11.7. The molecular weight excluding hydrogens is 228 g/mol. The number of carboxylic acid groups (broad SMARTS) is 1. The van der Waals surface area contributed by atoms with Gasteiger partial charge < -0.3 is 10.0 Å². The van der Waals surface area contributed by atoms with E-state index >= 15 is 0 Å². The van der Waals surface area contributed by atoms with E-state index < -0.39 is 11.5 Å². The van der Waals surface area contributed by atoms with Gasteiger partial charge in [-0.2, -0.15) is 0 Å². The van der Waals surface area contributed by atoms with Crippen LogP contribution in [0.25, 0.3) is 0 Å². The van der Waals surface area contributed by atoms with E-state index in [0.717, 1.165) is 24.1 Å². The van der Waals surface area contributed by atoms with Crippen LogP contribution in [0.3, 0.4) is 0 Å². The van der Waals surface area contributed by atoms with Crippen molar-refractivity contribution < 1.29 is 9.90 Å². The second kappa shape index (κ2) is 5.08. The molecule has 18 heavy (non-hydrogen) atoms. The molecule has 0 bridgehead atoms. The van der Waals surface area contributed by atoms with Crippen molar-refractivity contribution in [3.05, 3.63) is 35.4 Å². The number of hydrogen-bond donors (Lipinski definition) is 2. The first-order valence-corrected chi connectivity index (χ1v) is 6.28. The summed E-state index contributed by atoms with van der Waals surface area (Å²) in [5.41, 5.74) is 1.18. The van der Waals surface area contributed by atoms with Crippen LogP contribution in [-0.2, 0) is 16.8 Å². The number of nitrogens with one attached hydrogen (secondary N) is 1. The standard InChI is InChI=1S/C14H20N2O2/c1-16(2)10-9-15-14(13(17)18)8-7-11-5-3-4-6-12(11)14/h3-6,15H,7-10H2,1-2H3,(H,17,18). The number of hydrogen-bond acceptors (Lipinski definition) is 3. The fraction of sp³-hybridized carbons (Fsp3) is 0.500. The Labute approximate surface area is 108 Å². The Kier molecular flexibility index (Phi) is 3.68. The van der Waals surface area contributed by atoms with E-state index in [1.54, 1.807) is 0 Å². The fourth-order valence-corrected chi connectivity index (χ4v) is 2.59. The van der Waals surface area contributed by atoms with Crippen LogP contribution < -0.4 is 5.32 Å². The second-order valence-electron chi connectivity index (χ2n) is 5.10. The zero-order chi connectivity index (χ0) is 13.2. The molecule has 0 heterocycles. The van der Waals surface area contributed by atoms with Gasteiger partial charge in [-0.3, -0.25) is 5.32 Å². The number of fused-ring (bicyclic) bond motifs is 1. The number of rotatable bonds is 5. The van der Waals surface area contributed by atoms with Crippen LogP contribution in [0.5, 0.6) is 0 Å². The number of likely N-dealkylation sites (N-methyl/N-ethyl adjacent to an activating group) is 1. The number of carboxylic acids is 1. The summed E-state index contributed by atoms with van der Waals surface area (Å²) in [7, 11) is 3.97. The Morgan fingerprint density at radius 1 is 1.44 bits per heavy atom. The molecule has 1 aromatic carbocycles. The number of nitrogens with zero attached hydrogens (tertiary/aromatic N) is 1. The van der Waals surface area contributed by atoms with E-state index in [-0.39, 0.29) is 0 Å². The maximum Gasteiger partial charge on any atom is 0.328 e. The van der Waals surface area contributed by atoms with Gasteiger partial charge in [0.15, 0.2) is 0 Å². The SMILES string of the molecule is CN(C)CCNC1(C(=O)O)CCc2ccccc21.